The fraction of sp³-hybridized carbons (Fsp3) is 0.500. The lowest BCUT2D eigenvalue weighted by Gasteiger charge is -2.28. The second-order valence-electron chi connectivity index (χ2n) is 11.2. The van der Waals surface area contributed by atoms with Crippen LogP contribution in [0, 0.1) is 5.92 Å². The molecule has 42 heavy (non-hydrogen) atoms. The fourth-order valence-electron chi connectivity index (χ4n) is 5.01. The van der Waals surface area contributed by atoms with Crippen LogP contribution in [-0.2, 0) is 23.8 Å². The highest BCUT2D eigenvalue weighted by Crippen LogP contribution is 2.46. The van der Waals surface area contributed by atoms with E-state index in [2.05, 4.69) is 16.9 Å². The third-order valence-electron chi connectivity index (χ3n) is 7.15. The summed E-state index contributed by atoms with van der Waals surface area (Å²) in [5.74, 6) is -1.19. The summed E-state index contributed by atoms with van der Waals surface area (Å²) in [7, 11) is 2.77. The number of hydrogen-bond acceptors (Lipinski definition) is 10. The molecule has 2 aromatic rings. The zero-order valence-corrected chi connectivity index (χ0v) is 24.7. The highest BCUT2D eigenvalue weighted by atomic mass is 16.6. The molecule has 0 radical (unpaired) electrons. The fourth-order valence-corrected chi connectivity index (χ4v) is 5.01. The van der Waals surface area contributed by atoms with Gasteiger partial charge in [-0.25, -0.2) is 19.4 Å². The normalized spacial score (nSPS) is 23.1. The van der Waals surface area contributed by atoms with Crippen molar-refractivity contribution >= 4 is 34.8 Å². The van der Waals surface area contributed by atoms with E-state index in [9.17, 15) is 19.2 Å². The first-order valence-corrected chi connectivity index (χ1v) is 13.7. The molecular formula is C30H37N3O9. The van der Waals surface area contributed by atoms with Gasteiger partial charge in [0.05, 0.1) is 32.9 Å². The number of nitrogens with one attached hydrogen (secondary N) is 1. The van der Waals surface area contributed by atoms with E-state index in [4.69, 9.17) is 23.7 Å². The number of esters is 2. The Bertz CT molecular complexity index is 1400. The van der Waals surface area contributed by atoms with Gasteiger partial charge >= 0.3 is 18.0 Å². The number of aromatic nitrogens is 1. The minimum atomic E-state index is -1.23. The third-order valence-corrected chi connectivity index (χ3v) is 7.15. The number of amides is 2. The zero-order chi connectivity index (χ0) is 30.8. The molecule has 0 bridgehead atoms. The van der Waals surface area contributed by atoms with Gasteiger partial charge in [-0.2, -0.15) is 0 Å². The van der Waals surface area contributed by atoms with Crippen LogP contribution in [0.4, 0.5) is 4.79 Å². The van der Waals surface area contributed by atoms with E-state index in [-0.39, 0.29) is 31.2 Å². The molecule has 2 fully saturated rings. The molecular weight excluding hydrogens is 546 g/mol. The summed E-state index contributed by atoms with van der Waals surface area (Å²) in [6.07, 6.45) is 0.680. The van der Waals surface area contributed by atoms with Gasteiger partial charge in [-0.05, 0) is 46.2 Å². The van der Waals surface area contributed by atoms with Crippen LogP contribution >= 0.6 is 0 Å². The molecule has 4 rings (SSSR count). The van der Waals surface area contributed by atoms with Crippen LogP contribution in [0.25, 0.3) is 10.9 Å². The summed E-state index contributed by atoms with van der Waals surface area (Å²) in [6.45, 7) is 10.8. The van der Waals surface area contributed by atoms with E-state index < -0.39 is 47.2 Å². The Morgan fingerprint density at radius 1 is 1.19 bits per heavy atom. The van der Waals surface area contributed by atoms with Gasteiger partial charge in [0.1, 0.15) is 34.8 Å². The highest BCUT2D eigenvalue weighted by molar-refractivity contribution is 5.96. The smallest absolute Gasteiger partial charge is 0.411 e. The Hall–Kier alpha value is -4.35. The van der Waals surface area contributed by atoms with Crippen molar-refractivity contribution in [2.75, 3.05) is 27.4 Å². The van der Waals surface area contributed by atoms with Crippen LogP contribution in [0.3, 0.4) is 0 Å². The van der Waals surface area contributed by atoms with Gasteiger partial charge in [-0.1, -0.05) is 6.08 Å². The van der Waals surface area contributed by atoms with Gasteiger partial charge in [0, 0.05) is 29.9 Å². The van der Waals surface area contributed by atoms with Gasteiger partial charge in [0.15, 0.2) is 5.69 Å². The van der Waals surface area contributed by atoms with Gasteiger partial charge in [-0.3, -0.25) is 9.69 Å². The van der Waals surface area contributed by atoms with Gasteiger partial charge in [0.25, 0.3) is 0 Å². The van der Waals surface area contributed by atoms with E-state index >= 15 is 0 Å². The highest BCUT2D eigenvalue weighted by Gasteiger charge is 2.62. The lowest BCUT2D eigenvalue weighted by molar-refractivity contribution is -0.149. The lowest BCUT2D eigenvalue weighted by Crippen LogP contribution is -2.53. The van der Waals surface area contributed by atoms with E-state index in [0.717, 1.165) is 0 Å². The van der Waals surface area contributed by atoms with Crippen molar-refractivity contribution in [2.24, 2.45) is 5.92 Å². The first-order valence-electron chi connectivity index (χ1n) is 13.7. The number of nitrogens with zero attached hydrogens (tertiary/aromatic N) is 2. The molecule has 0 spiro atoms. The molecule has 1 aromatic carbocycles. The van der Waals surface area contributed by atoms with Crippen molar-refractivity contribution in [2.45, 2.75) is 63.8 Å². The van der Waals surface area contributed by atoms with Crippen molar-refractivity contribution in [3.8, 4) is 11.5 Å². The van der Waals surface area contributed by atoms with Crippen LogP contribution in [0.1, 0.15) is 51.0 Å². The molecule has 1 aliphatic carbocycles. The summed E-state index contributed by atoms with van der Waals surface area (Å²) in [5, 5.41) is 3.42. The minimum Gasteiger partial charge on any atom is -0.497 e. The Morgan fingerprint density at radius 2 is 1.93 bits per heavy atom. The molecule has 2 aliphatic rings. The number of fused-ring (bicyclic) bond motifs is 1. The molecule has 2 amide bonds. The lowest BCUT2D eigenvalue weighted by atomic mass is 10.1. The molecule has 1 N–H and O–H groups in total. The second-order valence-corrected chi connectivity index (χ2v) is 11.2. The quantitative estimate of drug-likeness (QED) is 0.265. The van der Waals surface area contributed by atoms with Crippen molar-refractivity contribution in [3.63, 3.8) is 0 Å². The first-order chi connectivity index (χ1) is 19.8. The third kappa shape index (κ3) is 6.27. The average Bonchev–Trinajstić information content (AvgIpc) is 3.50. The van der Waals surface area contributed by atoms with Gasteiger partial charge in [0.2, 0.25) is 5.91 Å². The number of rotatable bonds is 9. The molecule has 226 valence electrons. The summed E-state index contributed by atoms with van der Waals surface area (Å²) >= 11 is 0. The standard InChI is InChI=1S/C30H37N3O9/c1-8-17-15-30(17,27(36)40-9-2)32-25(34)23-13-19(16-33(23)28(37)42-29(3,4)5)41-24-14-22(26(35)39-7)31-21-12-18(38-6)10-11-20(21)24/h8,10-12,14,17,19,23H,1,9,13,15-16H2,2-7H3,(H,32,34)/t17-,19+,23-,30?/m0/s1. The molecule has 1 aliphatic heterocycles. The topological polar surface area (TPSA) is 143 Å². The summed E-state index contributed by atoms with van der Waals surface area (Å²) < 4.78 is 27.3. The largest absolute Gasteiger partial charge is 0.497 e. The minimum absolute atomic E-state index is 0.0117. The van der Waals surface area contributed by atoms with Crippen LogP contribution < -0.4 is 14.8 Å². The molecule has 1 aromatic heterocycles. The summed E-state index contributed by atoms with van der Waals surface area (Å²) in [5.41, 5.74) is -1.60. The van der Waals surface area contributed by atoms with E-state index in [1.54, 1.807) is 52.0 Å². The Kier molecular flexibility index (Phi) is 8.65. The number of hydrogen-bond donors (Lipinski definition) is 1. The van der Waals surface area contributed by atoms with Crippen LogP contribution in [0.5, 0.6) is 11.5 Å². The predicted octanol–water partition coefficient (Wildman–Crippen LogP) is 3.41. The number of likely N-dealkylation sites (tertiary alicyclic amines) is 1. The van der Waals surface area contributed by atoms with Crippen molar-refractivity contribution in [1.29, 1.82) is 0 Å². The Morgan fingerprint density at radius 3 is 2.52 bits per heavy atom. The number of carbonyl (C=O) groups excluding carboxylic acids is 4. The Labute approximate surface area is 244 Å². The number of pyridine rings is 1. The maximum atomic E-state index is 13.7. The molecule has 2 heterocycles. The van der Waals surface area contributed by atoms with Crippen LogP contribution in [0.15, 0.2) is 36.9 Å². The number of benzene rings is 1. The summed E-state index contributed by atoms with van der Waals surface area (Å²) in [4.78, 5) is 57.7. The van der Waals surface area contributed by atoms with Crippen molar-refractivity contribution < 1.29 is 42.9 Å². The zero-order valence-electron chi connectivity index (χ0n) is 24.7. The Balaban J connectivity index is 1.65. The van der Waals surface area contributed by atoms with Gasteiger partial charge < -0.3 is 29.0 Å². The van der Waals surface area contributed by atoms with E-state index in [1.165, 1.54) is 25.2 Å². The molecule has 1 unspecified atom stereocenters. The van der Waals surface area contributed by atoms with E-state index in [1.807, 2.05) is 0 Å². The average molecular weight is 584 g/mol. The SMILES string of the molecule is C=C[C@H]1CC1(NC(=O)[C@@H]1C[C@@H](Oc2cc(C(=O)OC)nc3cc(OC)ccc23)CN1C(=O)OC(C)(C)C)C(=O)OCC. The number of ether oxygens (including phenoxy) is 5. The molecule has 1 saturated carbocycles. The number of carbonyl (C=O) groups is 4. The predicted molar refractivity (Wildman–Crippen MR) is 151 cm³/mol. The maximum absolute atomic E-state index is 13.7. The van der Waals surface area contributed by atoms with Crippen LogP contribution in [0.2, 0.25) is 0 Å². The van der Waals surface area contributed by atoms with Crippen LogP contribution in [-0.4, -0.2) is 84.5 Å². The van der Waals surface area contributed by atoms with Crippen molar-refractivity contribution in [3.05, 3.63) is 42.6 Å². The second kappa shape index (κ2) is 11.9. The monoisotopic (exact) mass is 583 g/mol. The first kappa shape index (κ1) is 30.6. The number of methoxy groups -OCH3 is 2. The molecule has 12 nitrogen and oxygen atoms in total. The van der Waals surface area contributed by atoms with E-state index in [0.29, 0.717) is 28.8 Å². The molecule has 4 atom stereocenters. The molecule has 1 saturated heterocycles. The maximum Gasteiger partial charge on any atom is 0.411 e. The molecule has 12 heteroatoms. The summed E-state index contributed by atoms with van der Waals surface area (Å²) in [6, 6.07) is 5.59. The van der Waals surface area contributed by atoms with Crippen molar-refractivity contribution in [1.82, 2.24) is 15.2 Å². The van der Waals surface area contributed by atoms with Gasteiger partial charge in [-0.15, -0.1) is 6.58 Å².